The Hall–Kier alpha value is -4.17. The standard InChI is InChI=1S/C45H52N2/c1-42(2,3)29-17-19-34-35(26-29)40(28-23-31(44(7,8)9)25-32(24-28)45(10,11)12)33-18-16-30(43(4,5)6)27-36(33)41(34)39-21-20-38(47-39)37-15-13-14-22-46-37/h13-27,47H,1-12H3. The lowest BCUT2D eigenvalue weighted by Crippen LogP contribution is -2.16. The SMILES string of the molecule is CC(C)(C)c1cc(-c2c3cc(C(C)(C)C)ccc3c(-c3ccc(-c4ccccn4)[nH]3)c3cc(C(C)(C)C)ccc23)cc(C(C)(C)C)c1. The molecule has 2 heterocycles. The van der Waals surface area contributed by atoms with Gasteiger partial charge in [-0.05, 0) is 113 Å². The van der Waals surface area contributed by atoms with Crippen LogP contribution in [0, 0.1) is 0 Å². The number of aromatic amines is 1. The van der Waals surface area contributed by atoms with Crippen molar-refractivity contribution in [1.82, 2.24) is 9.97 Å². The predicted octanol–water partition coefficient (Wildman–Crippen LogP) is 12.9. The summed E-state index contributed by atoms with van der Waals surface area (Å²) in [7, 11) is 0. The van der Waals surface area contributed by atoms with E-state index >= 15 is 0 Å². The van der Waals surface area contributed by atoms with Crippen LogP contribution >= 0.6 is 0 Å². The van der Waals surface area contributed by atoms with Gasteiger partial charge in [-0.3, -0.25) is 4.98 Å². The summed E-state index contributed by atoms with van der Waals surface area (Å²) in [5.41, 5.74) is 12.4. The molecule has 4 aromatic carbocycles. The molecule has 2 nitrogen and oxygen atoms in total. The molecule has 0 atom stereocenters. The smallest absolute Gasteiger partial charge is 0.0864 e. The van der Waals surface area contributed by atoms with Gasteiger partial charge in [0.25, 0.3) is 0 Å². The first-order valence-corrected chi connectivity index (χ1v) is 17.1. The molecule has 0 amide bonds. The van der Waals surface area contributed by atoms with Crippen LogP contribution in [0.3, 0.4) is 0 Å². The van der Waals surface area contributed by atoms with E-state index < -0.39 is 0 Å². The molecular formula is C45H52N2. The summed E-state index contributed by atoms with van der Waals surface area (Å²) in [6.45, 7) is 27.8. The second-order valence-electron chi connectivity index (χ2n) is 17.6. The zero-order valence-electron chi connectivity index (χ0n) is 30.6. The van der Waals surface area contributed by atoms with Crippen LogP contribution in [0.4, 0.5) is 0 Å². The number of hydrogen-bond acceptors (Lipinski definition) is 1. The van der Waals surface area contributed by atoms with Crippen LogP contribution in [0.2, 0.25) is 0 Å². The van der Waals surface area contributed by atoms with Gasteiger partial charge in [0, 0.05) is 17.5 Å². The number of rotatable bonds is 3. The highest BCUT2D eigenvalue weighted by Gasteiger charge is 2.26. The van der Waals surface area contributed by atoms with Gasteiger partial charge in [0.1, 0.15) is 0 Å². The van der Waals surface area contributed by atoms with Gasteiger partial charge in [-0.25, -0.2) is 0 Å². The van der Waals surface area contributed by atoms with E-state index in [9.17, 15) is 0 Å². The summed E-state index contributed by atoms with van der Waals surface area (Å²) >= 11 is 0. The Kier molecular flexibility index (Phi) is 7.82. The minimum Gasteiger partial charge on any atom is -0.353 e. The van der Waals surface area contributed by atoms with Gasteiger partial charge in [0.2, 0.25) is 0 Å². The molecule has 1 N–H and O–H groups in total. The van der Waals surface area contributed by atoms with Crippen LogP contribution in [0.15, 0.2) is 91.1 Å². The maximum atomic E-state index is 4.64. The lowest BCUT2D eigenvalue weighted by atomic mass is 9.76. The zero-order chi connectivity index (χ0) is 34.1. The molecule has 6 rings (SSSR count). The van der Waals surface area contributed by atoms with Crippen molar-refractivity contribution in [2.75, 3.05) is 0 Å². The van der Waals surface area contributed by atoms with Crippen molar-refractivity contribution >= 4 is 21.5 Å². The number of pyridine rings is 1. The molecule has 242 valence electrons. The second-order valence-corrected chi connectivity index (χ2v) is 17.6. The first-order chi connectivity index (χ1) is 21.8. The number of nitrogens with zero attached hydrogens (tertiary/aromatic N) is 1. The summed E-state index contributed by atoms with van der Waals surface area (Å²) in [5.74, 6) is 0. The summed E-state index contributed by atoms with van der Waals surface area (Å²) in [5, 5.41) is 5.12. The number of aromatic nitrogens is 2. The molecule has 0 aliphatic carbocycles. The Morgan fingerprint density at radius 1 is 0.426 bits per heavy atom. The van der Waals surface area contributed by atoms with Gasteiger partial charge >= 0.3 is 0 Å². The Morgan fingerprint density at radius 3 is 1.40 bits per heavy atom. The predicted molar refractivity (Wildman–Crippen MR) is 205 cm³/mol. The molecule has 2 aromatic heterocycles. The highest BCUT2D eigenvalue weighted by molar-refractivity contribution is 6.21. The third kappa shape index (κ3) is 6.28. The summed E-state index contributed by atoms with van der Waals surface area (Å²) in [4.78, 5) is 8.43. The van der Waals surface area contributed by atoms with Crippen LogP contribution in [-0.4, -0.2) is 9.97 Å². The summed E-state index contributed by atoms with van der Waals surface area (Å²) in [6.07, 6.45) is 1.86. The second kappa shape index (κ2) is 11.2. The largest absolute Gasteiger partial charge is 0.353 e. The van der Waals surface area contributed by atoms with Crippen molar-refractivity contribution in [1.29, 1.82) is 0 Å². The molecular weight excluding hydrogens is 569 g/mol. The van der Waals surface area contributed by atoms with Gasteiger partial charge in [-0.15, -0.1) is 0 Å². The van der Waals surface area contributed by atoms with Crippen LogP contribution < -0.4 is 0 Å². The first kappa shape index (κ1) is 32.8. The minimum atomic E-state index is 0.0110. The van der Waals surface area contributed by atoms with Crippen LogP contribution in [-0.2, 0) is 21.7 Å². The average molecular weight is 621 g/mol. The quantitative estimate of drug-likeness (QED) is 0.196. The molecule has 0 fully saturated rings. The maximum absolute atomic E-state index is 4.64. The van der Waals surface area contributed by atoms with E-state index in [-0.39, 0.29) is 21.7 Å². The molecule has 0 saturated heterocycles. The van der Waals surface area contributed by atoms with E-state index in [2.05, 4.69) is 166 Å². The van der Waals surface area contributed by atoms with Gasteiger partial charge in [0.15, 0.2) is 0 Å². The molecule has 0 aliphatic heterocycles. The van der Waals surface area contributed by atoms with E-state index in [4.69, 9.17) is 0 Å². The fourth-order valence-electron chi connectivity index (χ4n) is 6.61. The number of nitrogens with one attached hydrogen (secondary N) is 1. The van der Waals surface area contributed by atoms with Gasteiger partial charge in [0.05, 0.1) is 11.4 Å². The average Bonchev–Trinajstić information content (AvgIpc) is 3.47. The molecule has 0 aliphatic rings. The van der Waals surface area contributed by atoms with Crippen molar-refractivity contribution in [2.45, 2.75) is 105 Å². The molecule has 0 spiro atoms. The van der Waals surface area contributed by atoms with Gasteiger partial charge in [-0.1, -0.05) is 132 Å². The van der Waals surface area contributed by atoms with Gasteiger partial charge < -0.3 is 4.98 Å². The van der Waals surface area contributed by atoms with E-state index in [0.717, 1.165) is 17.1 Å². The van der Waals surface area contributed by atoms with E-state index in [1.807, 2.05) is 18.3 Å². The highest BCUT2D eigenvalue weighted by Crippen LogP contribution is 2.47. The topological polar surface area (TPSA) is 28.7 Å². The number of benzene rings is 4. The zero-order valence-corrected chi connectivity index (χ0v) is 30.6. The van der Waals surface area contributed by atoms with E-state index in [1.54, 1.807) is 0 Å². The fraction of sp³-hybridized carbons (Fsp3) is 0.356. The van der Waals surface area contributed by atoms with Crippen LogP contribution in [0.25, 0.3) is 55.3 Å². The summed E-state index contributed by atoms with van der Waals surface area (Å²) in [6, 6.07) is 32.2. The van der Waals surface area contributed by atoms with E-state index in [0.29, 0.717) is 0 Å². The number of hydrogen-bond donors (Lipinski definition) is 1. The lowest BCUT2D eigenvalue weighted by Gasteiger charge is -2.28. The molecule has 47 heavy (non-hydrogen) atoms. The van der Waals surface area contributed by atoms with Crippen molar-refractivity contribution in [2.24, 2.45) is 0 Å². The van der Waals surface area contributed by atoms with Crippen molar-refractivity contribution in [3.8, 4) is 33.8 Å². The Balaban J connectivity index is 1.80. The van der Waals surface area contributed by atoms with Crippen molar-refractivity contribution in [3.63, 3.8) is 0 Å². The normalized spacial score (nSPS) is 13.1. The Labute approximate surface area is 282 Å². The molecule has 0 radical (unpaired) electrons. The van der Waals surface area contributed by atoms with Gasteiger partial charge in [-0.2, -0.15) is 0 Å². The van der Waals surface area contributed by atoms with Crippen LogP contribution in [0.5, 0.6) is 0 Å². The molecule has 6 aromatic rings. The monoisotopic (exact) mass is 620 g/mol. The van der Waals surface area contributed by atoms with Crippen molar-refractivity contribution < 1.29 is 0 Å². The molecule has 0 unspecified atom stereocenters. The Morgan fingerprint density at radius 2 is 0.915 bits per heavy atom. The molecule has 0 bridgehead atoms. The lowest BCUT2D eigenvalue weighted by molar-refractivity contribution is 0.569. The molecule has 2 heteroatoms. The van der Waals surface area contributed by atoms with E-state index in [1.165, 1.54) is 60.5 Å². The van der Waals surface area contributed by atoms with Crippen LogP contribution in [0.1, 0.15) is 105 Å². The maximum Gasteiger partial charge on any atom is 0.0864 e. The van der Waals surface area contributed by atoms with Crippen molar-refractivity contribution in [3.05, 3.63) is 113 Å². The minimum absolute atomic E-state index is 0.0110. The first-order valence-electron chi connectivity index (χ1n) is 17.1. The third-order valence-corrected chi connectivity index (χ3v) is 9.70. The highest BCUT2D eigenvalue weighted by atomic mass is 14.8. The molecule has 0 saturated carbocycles. The Bertz CT molecular complexity index is 2070. The third-order valence-electron chi connectivity index (χ3n) is 9.70. The number of fused-ring (bicyclic) bond motifs is 2. The summed E-state index contributed by atoms with van der Waals surface area (Å²) < 4.78 is 0. The fourth-order valence-corrected chi connectivity index (χ4v) is 6.61. The number of H-pyrrole nitrogens is 1.